The molecule has 0 unspecified atom stereocenters. The van der Waals surface area contributed by atoms with Crippen molar-refractivity contribution in [2.75, 3.05) is 12.4 Å². The van der Waals surface area contributed by atoms with E-state index in [4.69, 9.17) is 15.3 Å². The molecule has 2 rings (SSSR count). The standard InChI is InChI=1S/C18H13N3O2/c1-23-18(22)16-6-2-4-14(8-16)15-5-3-7-17(9-15)21-12-13(10-19)11-20/h2-9,12,21H,1H3. The molecule has 0 bridgehead atoms. The number of hydrogen-bond acceptors (Lipinski definition) is 5. The van der Waals surface area contributed by atoms with Crippen molar-refractivity contribution < 1.29 is 9.53 Å². The smallest absolute Gasteiger partial charge is 0.337 e. The summed E-state index contributed by atoms with van der Waals surface area (Å²) in [7, 11) is 1.34. The van der Waals surface area contributed by atoms with Crippen molar-refractivity contribution >= 4 is 11.7 Å². The van der Waals surface area contributed by atoms with Crippen LogP contribution in [0.2, 0.25) is 0 Å². The lowest BCUT2D eigenvalue weighted by Gasteiger charge is -2.07. The molecule has 0 aromatic heterocycles. The van der Waals surface area contributed by atoms with Crippen molar-refractivity contribution in [3.05, 3.63) is 65.9 Å². The minimum Gasteiger partial charge on any atom is -0.465 e. The molecule has 0 fully saturated rings. The van der Waals surface area contributed by atoms with Crippen molar-refractivity contribution in [1.29, 1.82) is 10.5 Å². The Labute approximate surface area is 134 Å². The number of nitrogens with one attached hydrogen (secondary N) is 1. The number of anilines is 1. The summed E-state index contributed by atoms with van der Waals surface area (Å²) < 4.78 is 4.72. The van der Waals surface area contributed by atoms with E-state index >= 15 is 0 Å². The topological polar surface area (TPSA) is 85.9 Å². The zero-order valence-corrected chi connectivity index (χ0v) is 12.4. The fourth-order valence-corrected chi connectivity index (χ4v) is 1.98. The second-order valence-corrected chi connectivity index (χ2v) is 4.58. The van der Waals surface area contributed by atoms with Gasteiger partial charge in [-0.2, -0.15) is 10.5 Å². The Hall–Kier alpha value is -3.57. The van der Waals surface area contributed by atoms with Crippen LogP contribution >= 0.6 is 0 Å². The molecule has 2 aromatic carbocycles. The van der Waals surface area contributed by atoms with Crippen molar-refractivity contribution in [1.82, 2.24) is 0 Å². The number of carbonyl (C=O) groups is 1. The highest BCUT2D eigenvalue weighted by molar-refractivity contribution is 5.91. The third kappa shape index (κ3) is 3.96. The number of nitriles is 2. The number of allylic oxidation sites excluding steroid dienone is 1. The zero-order chi connectivity index (χ0) is 16.7. The van der Waals surface area contributed by atoms with Gasteiger partial charge in [0, 0.05) is 11.9 Å². The third-order valence-electron chi connectivity index (χ3n) is 3.10. The highest BCUT2D eigenvalue weighted by Crippen LogP contribution is 2.24. The van der Waals surface area contributed by atoms with Crippen LogP contribution in [0.4, 0.5) is 5.69 Å². The molecule has 0 amide bonds. The number of nitrogens with zero attached hydrogens (tertiary/aromatic N) is 2. The highest BCUT2D eigenvalue weighted by Gasteiger charge is 2.07. The van der Waals surface area contributed by atoms with E-state index in [1.807, 2.05) is 30.3 Å². The second-order valence-electron chi connectivity index (χ2n) is 4.58. The average molecular weight is 303 g/mol. The molecule has 2 aromatic rings. The summed E-state index contributed by atoms with van der Waals surface area (Å²) in [5.74, 6) is -0.392. The van der Waals surface area contributed by atoms with Crippen LogP contribution in [0.25, 0.3) is 11.1 Å². The molecule has 0 aliphatic rings. The number of ether oxygens (including phenoxy) is 1. The first-order chi connectivity index (χ1) is 11.2. The molecule has 0 saturated heterocycles. The summed E-state index contributed by atoms with van der Waals surface area (Å²) in [5.41, 5.74) is 2.95. The summed E-state index contributed by atoms with van der Waals surface area (Å²) in [5, 5.41) is 20.3. The molecular formula is C18H13N3O2. The minimum absolute atomic E-state index is 0.0110. The number of methoxy groups -OCH3 is 1. The maximum atomic E-state index is 11.6. The van der Waals surface area contributed by atoms with Gasteiger partial charge in [0.2, 0.25) is 0 Å². The summed E-state index contributed by atoms with van der Waals surface area (Å²) in [6.45, 7) is 0. The van der Waals surface area contributed by atoms with Crippen LogP contribution in [0, 0.1) is 22.7 Å². The van der Waals surface area contributed by atoms with Gasteiger partial charge in [0.1, 0.15) is 17.7 Å². The quantitative estimate of drug-likeness (QED) is 0.690. The van der Waals surface area contributed by atoms with E-state index in [9.17, 15) is 4.79 Å². The first-order valence-corrected chi connectivity index (χ1v) is 6.73. The summed E-state index contributed by atoms with van der Waals surface area (Å²) in [6, 6.07) is 18.1. The van der Waals surface area contributed by atoms with Gasteiger partial charge in [-0.05, 0) is 35.4 Å². The lowest BCUT2D eigenvalue weighted by Crippen LogP contribution is -2.00. The first kappa shape index (κ1) is 15.8. The van der Waals surface area contributed by atoms with Crippen LogP contribution in [0.1, 0.15) is 10.4 Å². The second kappa shape index (κ2) is 7.44. The molecule has 1 N–H and O–H groups in total. The van der Waals surface area contributed by atoms with E-state index in [1.165, 1.54) is 13.3 Å². The van der Waals surface area contributed by atoms with Gasteiger partial charge < -0.3 is 10.1 Å². The van der Waals surface area contributed by atoms with Crippen LogP contribution < -0.4 is 5.32 Å². The van der Waals surface area contributed by atoms with Gasteiger partial charge in [-0.15, -0.1) is 0 Å². The van der Waals surface area contributed by atoms with E-state index in [0.29, 0.717) is 5.56 Å². The third-order valence-corrected chi connectivity index (χ3v) is 3.10. The molecule has 112 valence electrons. The van der Waals surface area contributed by atoms with E-state index in [0.717, 1.165) is 16.8 Å². The number of benzene rings is 2. The SMILES string of the molecule is COC(=O)c1cccc(-c2cccc(NC=C(C#N)C#N)c2)c1. The molecular weight excluding hydrogens is 290 g/mol. The normalized spacial score (nSPS) is 9.17. The van der Waals surface area contributed by atoms with Gasteiger partial charge in [-0.1, -0.05) is 24.3 Å². The number of rotatable bonds is 4. The highest BCUT2D eigenvalue weighted by atomic mass is 16.5. The summed E-state index contributed by atoms with van der Waals surface area (Å²) >= 11 is 0. The Bertz CT molecular complexity index is 826. The maximum Gasteiger partial charge on any atom is 0.337 e. The van der Waals surface area contributed by atoms with E-state index in [2.05, 4.69) is 5.32 Å². The summed E-state index contributed by atoms with van der Waals surface area (Å²) in [6.07, 6.45) is 1.35. The van der Waals surface area contributed by atoms with Gasteiger partial charge in [0.05, 0.1) is 12.7 Å². The monoisotopic (exact) mass is 303 g/mol. The number of esters is 1. The fourth-order valence-electron chi connectivity index (χ4n) is 1.98. The Kier molecular flexibility index (Phi) is 5.12. The zero-order valence-electron chi connectivity index (χ0n) is 12.4. The first-order valence-electron chi connectivity index (χ1n) is 6.73. The average Bonchev–Trinajstić information content (AvgIpc) is 2.62. The van der Waals surface area contributed by atoms with E-state index < -0.39 is 5.97 Å². The molecule has 0 spiro atoms. The van der Waals surface area contributed by atoms with Gasteiger partial charge >= 0.3 is 5.97 Å². The molecule has 5 nitrogen and oxygen atoms in total. The van der Waals surface area contributed by atoms with Crippen molar-refractivity contribution in [3.63, 3.8) is 0 Å². The minimum atomic E-state index is -0.392. The molecule has 0 atom stereocenters. The Balaban J connectivity index is 2.30. The maximum absolute atomic E-state index is 11.6. The Morgan fingerprint density at radius 1 is 1.09 bits per heavy atom. The lowest BCUT2D eigenvalue weighted by molar-refractivity contribution is 0.0601. The Morgan fingerprint density at radius 2 is 1.74 bits per heavy atom. The Morgan fingerprint density at radius 3 is 2.39 bits per heavy atom. The lowest BCUT2D eigenvalue weighted by atomic mass is 10.0. The molecule has 23 heavy (non-hydrogen) atoms. The van der Waals surface area contributed by atoms with Gasteiger partial charge in [-0.25, -0.2) is 4.79 Å². The molecule has 0 heterocycles. The van der Waals surface area contributed by atoms with Crippen LogP contribution in [0.5, 0.6) is 0 Å². The molecule has 0 aliphatic carbocycles. The van der Waals surface area contributed by atoms with Gasteiger partial charge in [0.15, 0.2) is 0 Å². The van der Waals surface area contributed by atoms with Gasteiger partial charge in [-0.3, -0.25) is 0 Å². The van der Waals surface area contributed by atoms with Crippen LogP contribution in [-0.2, 0) is 4.74 Å². The van der Waals surface area contributed by atoms with Crippen LogP contribution in [0.15, 0.2) is 60.3 Å². The van der Waals surface area contributed by atoms with Crippen LogP contribution in [-0.4, -0.2) is 13.1 Å². The molecule has 0 saturated carbocycles. The van der Waals surface area contributed by atoms with Gasteiger partial charge in [0.25, 0.3) is 0 Å². The molecule has 0 aliphatic heterocycles. The molecule has 5 heteroatoms. The van der Waals surface area contributed by atoms with E-state index in [-0.39, 0.29) is 5.57 Å². The largest absolute Gasteiger partial charge is 0.465 e. The summed E-state index contributed by atoms with van der Waals surface area (Å²) in [4.78, 5) is 11.6. The number of hydrogen-bond donors (Lipinski definition) is 1. The fraction of sp³-hybridized carbons (Fsp3) is 0.0556. The van der Waals surface area contributed by atoms with Crippen LogP contribution in [0.3, 0.4) is 0 Å². The predicted molar refractivity (Wildman–Crippen MR) is 86.1 cm³/mol. The molecule has 0 radical (unpaired) electrons. The van der Waals surface area contributed by atoms with Crippen molar-refractivity contribution in [2.24, 2.45) is 0 Å². The van der Waals surface area contributed by atoms with Crippen molar-refractivity contribution in [2.45, 2.75) is 0 Å². The number of carbonyl (C=O) groups excluding carboxylic acids is 1. The predicted octanol–water partition coefficient (Wildman–Crippen LogP) is 3.48. The van der Waals surface area contributed by atoms with Crippen molar-refractivity contribution in [3.8, 4) is 23.3 Å². The van der Waals surface area contributed by atoms with E-state index in [1.54, 1.807) is 30.3 Å².